The SMILES string of the molecule is COc1cc(NC(=O)C=Cc2cccc(OC)c2OC)ccc1C1=CCOC=C1C. The minimum atomic E-state index is -0.268. The molecule has 30 heavy (non-hydrogen) atoms. The van der Waals surface area contributed by atoms with Crippen LogP contribution < -0.4 is 19.5 Å². The van der Waals surface area contributed by atoms with Gasteiger partial charge in [0, 0.05) is 29.0 Å². The van der Waals surface area contributed by atoms with E-state index < -0.39 is 0 Å². The molecule has 2 aromatic carbocycles. The zero-order chi connectivity index (χ0) is 21.5. The van der Waals surface area contributed by atoms with Crippen molar-refractivity contribution < 1.29 is 23.7 Å². The van der Waals surface area contributed by atoms with Gasteiger partial charge >= 0.3 is 0 Å². The van der Waals surface area contributed by atoms with Crippen LogP contribution in [0.4, 0.5) is 5.69 Å². The lowest BCUT2D eigenvalue weighted by Gasteiger charge is -2.17. The molecule has 6 nitrogen and oxygen atoms in total. The van der Waals surface area contributed by atoms with Gasteiger partial charge in [0.1, 0.15) is 12.4 Å². The molecule has 0 bridgehead atoms. The lowest BCUT2D eigenvalue weighted by atomic mass is 9.97. The number of anilines is 1. The highest BCUT2D eigenvalue weighted by Crippen LogP contribution is 2.34. The van der Waals surface area contributed by atoms with Crippen LogP contribution in [0.15, 0.2) is 60.4 Å². The van der Waals surface area contributed by atoms with Crippen LogP contribution in [-0.2, 0) is 9.53 Å². The number of rotatable bonds is 7. The maximum Gasteiger partial charge on any atom is 0.248 e. The highest BCUT2D eigenvalue weighted by molar-refractivity contribution is 6.02. The zero-order valence-electron chi connectivity index (χ0n) is 17.5. The average Bonchev–Trinajstić information content (AvgIpc) is 2.77. The first-order chi connectivity index (χ1) is 14.6. The molecule has 0 saturated carbocycles. The Labute approximate surface area is 176 Å². The predicted molar refractivity (Wildman–Crippen MR) is 118 cm³/mol. The number of hydrogen-bond donors (Lipinski definition) is 1. The van der Waals surface area contributed by atoms with Crippen LogP contribution in [0, 0.1) is 0 Å². The fourth-order valence-electron chi connectivity index (χ4n) is 3.24. The smallest absolute Gasteiger partial charge is 0.248 e. The van der Waals surface area contributed by atoms with Gasteiger partial charge in [-0.05, 0) is 48.4 Å². The van der Waals surface area contributed by atoms with E-state index in [2.05, 4.69) is 5.32 Å². The lowest BCUT2D eigenvalue weighted by Crippen LogP contribution is -2.08. The van der Waals surface area contributed by atoms with Crippen LogP contribution in [0.3, 0.4) is 0 Å². The molecule has 0 saturated heterocycles. The second-order valence-corrected chi connectivity index (χ2v) is 6.57. The van der Waals surface area contributed by atoms with Gasteiger partial charge in [-0.25, -0.2) is 0 Å². The summed E-state index contributed by atoms with van der Waals surface area (Å²) in [6, 6.07) is 11.1. The lowest BCUT2D eigenvalue weighted by molar-refractivity contribution is -0.111. The van der Waals surface area contributed by atoms with Gasteiger partial charge < -0.3 is 24.3 Å². The molecular formula is C24H25NO5. The molecule has 0 aliphatic carbocycles. The number of ether oxygens (including phenoxy) is 4. The molecule has 0 radical (unpaired) electrons. The number of amides is 1. The van der Waals surface area contributed by atoms with Crippen molar-refractivity contribution in [2.75, 3.05) is 33.3 Å². The topological polar surface area (TPSA) is 66.0 Å². The van der Waals surface area contributed by atoms with Gasteiger partial charge in [0.15, 0.2) is 11.5 Å². The summed E-state index contributed by atoms with van der Waals surface area (Å²) in [7, 11) is 4.75. The van der Waals surface area contributed by atoms with E-state index in [0.717, 1.165) is 22.3 Å². The van der Waals surface area contributed by atoms with Gasteiger partial charge in [-0.3, -0.25) is 4.79 Å². The Hall–Kier alpha value is -3.67. The molecule has 3 rings (SSSR count). The summed E-state index contributed by atoms with van der Waals surface area (Å²) in [4.78, 5) is 12.4. The third-order valence-corrected chi connectivity index (χ3v) is 4.68. The molecule has 0 unspecified atom stereocenters. The van der Waals surface area contributed by atoms with E-state index in [-0.39, 0.29) is 5.91 Å². The van der Waals surface area contributed by atoms with Gasteiger partial charge in [-0.1, -0.05) is 12.1 Å². The second kappa shape index (κ2) is 9.69. The molecule has 156 valence electrons. The number of allylic oxidation sites excluding steroid dienone is 2. The minimum Gasteiger partial charge on any atom is -0.497 e. The number of para-hydroxylation sites is 1. The monoisotopic (exact) mass is 407 g/mol. The van der Waals surface area contributed by atoms with E-state index in [1.165, 1.54) is 6.08 Å². The quantitative estimate of drug-likeness (QED) is 0.675. The molecule has 6 heteroatoms. The van der Waals surface area contributed by atoms with E-state index >= 15 is 0 Å². The molecule has 0 spiro atoms. The summed E-state index contributed by atoms with van der Waals surface area (Å²) in [6.07, 6.45) is 6.88. The Balaban J connectivity index is 1.77. The molecule has 1 aliphatic rings. The molecule has 1 aliphatic heterocycles. The molecule has 1 N–H and O–H groups in total. The zero-order valence-corrected chi connectivity index (χ0v) is 17.5. The minimum absolute atomic E-state index is 0.268. The molecule has 2 aromatic rings. The van der Waals surface area contributed by atoms with Crippen molar-refractivity contribution in [2.24, 2.45) is 0 Å². The van der Waals surface area contributed by atoms with Crippen molar-refractivity contribution in [3.05, 3.63) is 71.5 Å². The standard InChI is InChI=1S/C24H25NO5/c1-16-15-30-13-12-19(16)20-10-9-18(14-22(20)28-3)25-23(26)11-8-17-6-5-7-21(27-2)24(17)29-4/h5-12,14-15H,13H2,1-4H3,(H,25,26). The fourth-order valence-corrected chi connectivity index (χ4v) is 3.24. The van der Waals surface area contributed by atoms with Crippen LogP contribution in [0.2, 0.25) is 0 Å². The van der Waals surface area contributed by atoms with E-state index in [1.807, 2.05) is 37.3 Å². The first-order valence-corrected chi connectivity index (χ1v) is 9.44. The third kappa shape index (κ3) is 4.66. The Morgan fingerprint density at radius 3 is 2.57 bits per heavy atom. The number of benzene rings is 2. The predicted octanol–water partition coefficient (Wildman–Crippen LogP) is 4.68. The number of nitrogens with one attached hydrogen (secondary N) is 1. The van der Waals surface area contributed by atoms with Crippen LogP contribution in [-0.4, -0.2) is 33.8 Å². The summed E-state index contributed by atoms with van der Waals surface area (Å²) >= 11 is 0. The van der Waals surface area contributed by atoms with Crippen LogP contribution in [0.25, 0.3) is 11.6 Å². The second-order valence-electron chi connectivity index (χ2n) is 6.57. The maximum atomic E-state index is 12.4. The Kier molecular flexibility index (Phi) is 6.80. The van der Waals surface area contributed by atoms with E-state index in [0.29, 0.717) is 29.5 Å². The summed E-state index contributed by atoms with van der Waals surface area (Å²) in [6.45, 7) is 2.50. The molecule has 0 fully saturated rings. The van der Waals surface area contributed by atoms with Crippen molar-refractivity contribution in [1.82, 2.24) is 0 Å². The van der Waals surface area contributed by atoms with Gasteiger partial charge in [0.2, 0.25) is 5.91 Å². The van der Waals surface area contributed by atoms with Crippen molar-refractivity contribution in [2.45, 2.75) is 6.92 Å². The first kappa shape index (κ1) is 21.0. The third-order valence-electron chi connectivity index (χ3n) is 4.68. The summed E-state index contributed by atoms with van der Waals surface area (Å²) in [5.74, 6) is 1.58. The number of carbonyl (C=O) groups is 1. The van der Waals surface area contributed by atoms with Crippen LogP contribution in [0.5, 0.6) is 17.2 Å². The molecule has 0 aromatic heterocycles. The van der Waals surface area contributed by atoms with Crippen LogP contribution in [0.1, 0.15) is 18.1 Å². The Morgan fingerprint density at radius 1 is 1.07 bits per heavy atom. The first-order valence-electron chi connectivity index (χ1n) is 9.44. The van der Waals surface area contributed by atoms with E-state index in [1.54, 1.807) is 45.8 Å². The summed E-state index contributed by atoms with van der Waals surface area (Å²) in [5, 5.41) is 2.86. The number of carbonyl (C=O) groups excluding carboxylic acids is 1. The van der Waals surface area contributed by atoms with E-state index in [4.69, 9.17) is 18.9 Å². The van der Waals surface area contributed by atoms with Gasteiger partial charge in [0.25, 0.3) is 0 Å². The molecular weight excluding hydrogens is 382 g/mol. The maximum absolute atomic E-state index is 12.4. The van der Waals surface area contributed by atoms with E-state index in [9.17, 15) is 4.79 Å². The number of hydrogen-bond acceptors (Lipinski definition) is 5. The molecule has 0 atom stereocenters. The highest BCUT2D eigenvalue weighted by atomic mass is 16.5. The van der Waals surface area contributed by atoms with Crippen molar-refractivity contribution in [3.8, 4) is 17.2 Å². The van der Waals surface area contributed by atoms with Gasteiger partial charge in [-0.2, -0.15) is 0 Å². The summed E-state index contributed by atoms with van der Waals surface area (Å²) in [5.41, 5.74) is 4.41. The Bertz CT molecular complexity index is 1020. The number of methoxy groups -OCH3 is 3. The highest BCUT2D eigenvalue weighted by Gasteiger charge is 2.14. The Morgan fingerprint density at radius 2 is 1.87 bits per heavy atom. The molecule has 1 amide bonds. The van der Waals surface area contributed by atoms with Crippen LogP contribution >= 0.6 is 0 Å². The van der Waals surface area contributed by atoms with Crippen molar-refractivity contribution in [3.63, 3.8) is 0 Å². The average molecular weight is 407 g/mol. The fraction of sp³-hybridized carbons (Fsp3) is 0.208. The van der Waals surface area contributed by atoms with Crippen molar-refractivity contribution in [1.29, 1.82) is 0 Å². The molecule has 1 heterocycles. The summed E-state index contributed by atoms with van der Waals surface area (Å²) < 4.78 is 21.5. The normalized spacial score (nSPS) is 13.2. The largest absolute Gasteiger partial charge is 0.497 e. The van der Waals surface area contributed by atoms with Crippen molar-refractivity contribution >= 4 is 23.2 Å². The van der Waals surface area contributed by atoms with Gasteiger partial charge in [-0.15, -0.1) is 0 Å². The van der Waals surface area contributed by atoms with Gasteiger partial charge in [0.05, 0.1) is 27.6 Å².